The number of unbranched alkanes of at least 4 members (excludes halogenated alkanes) is 3. The van der Waals surface area contributed by atoms with E-state index in [1.54, 1.807) is 6.07 Å². The monoisotopic (exact) mass is 398 g/mol. The standard InChI is InChI=1S/C25H35FN2O/c1-3-5-7-8-19-9-11-20(12-10-19)22-17-27-25(28-18-22)21-13-14-24(23(26)16-21)29-15-6-4-2/h13-14,16-20H,3-12,15H2,1-2H3/t19-,20-. The predicted octanol–water partition coefficient (Wildman–Crippen LogP) is 7.32. The molecule has 0 radical (unpaired) electrons. The van der Waals surface area contributed by atoms with Gasteiger partial charge in [-0.2, -0.15) is 0 Å². The Morgan fingerprint density at radius 3 is 2.34 bits per heavy atom. The van der Waals surface area contributed by atoms with Gasteiger partial charge in [-0.25, -0.2) is 14.4 Å². The van der Waals surface area contributed by atoms with Gasteiger partial charge in [0.15, 0.2) is 17.4 Å². The van der Waals surface area contributed by atoms with E-state index in [1.165, 1.54) is 63.0 Å². The molecule has 158 valence electrons. The molecule has 0 amide bonds. The van der Waals surface area contributed by atoms with Crippen molar-refractivity contribution < 1.29 is 9.13 Å². The van der Waals surface area contributed by atoms with Crippen LogP contribution in [0.25, 0.3) is 11.4 Å². The summed E-state index contributed by atoms with van der Waals surface area (Å²) in [6.07, 6.45) is 16.4. The maximum atomic E-state index is 14.3. The number of ether oxygens (including phenoxy) is 1. The maximum Gasteiger partial charge on any atom is 0.165 e. The molecule has 0 aliphatic heterocycles. The molecule has 1 heterocycles. The molecule has 1 aliphatic rings. The van der Waals surface area contributed by atoms with Crippen LogP contribution < -0.4 is 4.74 Å². The van der Waals surface area contributed by atoms with Crippen LogP contribution in [0.15, 0.2) is 30.6 Å². The van der Waals surface area contributed by atoms with Crippen LogP contribution in [0.4, 0.5) is 4.39 Å². The van der Waals surface area contributed by atoms with Crippen LogP contribution in [0.1, 0.15) is 89.5 Å². The highest BCUT2D eigenvalue weighted by molar-refractivity contribution is 5.56. The van der Waals surface area contributed by atoms with Crippen molar-refractivity contribution in [1.82, 2.24) is 9.97 Å². The maximum absolute atomic E-state index is 14.3. The van der Waals surface area contributed by atoms with E-state index in [-0.39, 0.29) is 5.82 Å². The molecule has 2 aromatic rings. The number of halogens is 1. The van der Waals surface area contributed by atoms with E-state index in [4.69, 9.17) is 4.74 Å². The lowest BCUT2D eigenvalue weighted by atomic mass is 9.77. The van der Waals surface area contributed by atoms with Crippen molar-refractivity contribution in [2.45, 2.75) is 84.0 Å². The molecule has 4 heteroatoms. The van der Waals surface area contributed by atoms with E-state index in [0.29, 0.717) is 29.7 Å². The smallest absolute Gasteiger partial charge is 0.165 e. The van der Waals surface area contributed by atoms with Crippen LogP contribution in [0, 0.1) is 11.7 Å². The summed E-state index contributed by atoms with van der Waals surface area (Å²) in [7, 11) is 0. The van der Waals surface area contributed by atoms with Crippen molar-refractivity contribution in [3.63, 3.8) is 0 Å². The van der Waals surface area contributed by atoms with Crippen molar-refractivity contribution in [2.75, 3.05) is 6.61 Å². The first-order valence-electron chi connectivity index (χ1n) is 11.5. The number of hydrogen-bond acceptors (Lipinski definition) is 3. The Hall–Kier alpha value is -1.97. The zero-order chi connectivity index (χ0) is 20.5. The summed E-state index contributed by atoms with van der Waals surface area (Å²) in [6.45, 7) is 4.90. The average molecular weight is 399 g/mol. The lowest BCUT2D eigenvalue weighted by Gasteiger charge is -2.28. The summed E-state index contributed by atoms with van der Waals surface area (Å²) in [4.78, 5) is 9.06. The van der Waals surface area contributed by atoms with Crippen molar-refractivity contribution in [3.8, 4) is 17.1 Å². The van der Waals surface area contributed by atoms with E-state index >= 15 is 0 Å². The summed E-state index contributed by atoms with van der Waals surface area (Å²) < 4.78 is 19.8. The highest BCUT2D eigenvalue weighted by Gasteiger charge is 2.22. The third-order valence-corrected chi connectivity index (χ3v) is 6.15. The van der Waals surface area contributed by atoms with Crippen LogP contribution in [0.5, 0.6) is 5.75 Å². The van der Waals surface area contributed by atoms with Gasteiger partial charge in [-0.1, -0.05) is 46.0 Å². The number of rotatable bonds is 10. The SMILES string of the molecule is CCCCC[C@H]1CC[C@H](c2cnc(-c3ccc(OCCCC)c(F)c3)nc2)CC1. The van der Waals surface area contributed by atoms with Gasteiger partial charge >= 0.3 is 0 Å². The number of nitrogens with zero attached hydrogens (tertiary/aromatic N) is 2. The predicted molar refractivity (Wildman–Crippen MR) is 117 cm³/mol. The average Bonchev–Trinajstić information content (AvgIpc) is 2.76. The van der Waals surface area contributed by atoms with Gasteiger partial charge in [-0.15, -0.1) is 0 Å². The number of benzene rings is 1. The van der Waals surface area contributed by atoms with Crippen molar-refractivity contribution in [2.24, 2.45) is 5.92 Å². The van der Waals surface area contributed by atoms with Gasteiger partial charge in [0.25, 0.3) is 0 Å². The van der Waals surface area contributed by atoms with Crippen molar-refractivity contribution in [3.05, 3.63) is 42.0 Å². The van der Waals surface area contributed by atoms with E-state index in [9.17, 15) is 4.39 Å². The Bertz CT molecular complexity index is 739. The molecule has 1 aromatic heterocycles. The molecule has 1 saturated carbocycles. The molecule has 1 aliphatic carbocycles. The van der Waals surface area contributed by atoms with Crippen LogP contribution in [0.3, 0.4) is 0 Å². The van der Waals surface area contributed by atoms with Gasteiger partial charge in [0.05, 0.1) is 6.61 Å². The van der Waals surface area contributed by atoms with E-state index in [0.717, 1.165) is 18.8 Å². The van der Waals surface area contributed by atoms with Crippen LogP contribution in [-0.4, -0.2) is 16.6 Å². The highest BCUT2D eigenvalue weighted by Crippen LogP contribution is 2.37. The molecule has 3 nitrogen and oxygen atoms in total. The largest absolute Gasteiger partial charge is 0.491 e. The molecule has 0 saturated heterocycles. The Labute approximate surface area is 175 Å². The summed E-state index contributed by atoms with van der Waals surface area (Å²) in [5, 5.41) is 0. The minimum absolute atomic E-state index is 0.300. The van der Waals surface area contributed by atoms with Crippen molar-refractivity contribution in [1.29, 1.82) is 0 Å². The summed E-state index contributed by atoms with van der Waals surface area (Å²) in [5.74, 6) is 1.99. The number of aromatic nitrogens is 2. The third-order valence-electron chi connectivity index (χ3n) is 6.15. The Morgan fingerprint density at radius 2 is 1.69 bits per heavy atom. The summed E-state index contributed by atoms with van der Waals surface area (Å²) in [6, 6.07) is 4.98. The van der Waals surface area contributed by atoms with Gasteiger partial charge in [0.1, 0.15) is 0 Å². The van der Waals surface area contributed by atoms with Crippen molar-refractivity contribution >= 4 is 0 Å². The van der Waals surface area contributed by atoms with Gasteiger partial charge in [0.2, 0.25) is 0 Å². The molecule has 29 heavy (non-hydrogen) atoms. The molecule has 1 fully saturated rings. The molecule has 0 bridgehead atoms. The van der Waals surface area contributed by atoms with Gasteiger partial charge in [-0.3, -0.25) is 0 Å². The van der Waals surface area contributed by atoms with Crippen LogP contribution >= 0.6 is 0 Å². The minimum atomic E-state index is -0.354. The first kappa shape index (κ1) is 21.7. The van der Waals surface area contributed by atoms with E-state index in [2.05, 4.69) is 23.8 Å². The Kier molecular flexibility index (Phi) is 8.45. The van der Waals surface area contributed by atoms with Gasteiger partial charge < -0.3 is 4.74 Å². The second kappa shape index (κ2) is 11.3. The molecule has 0 spiro atoms. The Balaban J connectivity index is 1.56. The Morgan fingerprint density at radius 1 is 0.966 bits per heavy atom. The minimum Gasteiger partial charge on any atom is -0.491 e. The quantitative estimate of drug-likeness (QED) is 0.393. The molecule has 0 N–H and O–H groups in total. The highest BCUT2D eigenvalue weighted by atomic mass is 19.1. The van der Waals surface area contributed by atoms with E-state index < -0.39 is 0 Å². The molecule has 0 atom stereocenters. The van der Waals surface area contributed by atoms with Gasteiger partial charge in [0, 0.05) is 18.0 Å². The first-order valence-corrected chi connectivity index (χ1v) is 11.5. The molecular formula is C25H35FN2O. The normalized spacial score (nSPS) is 19.3. The summed E-state index contributed by atoms with van der Waals surface area (Å²) in [5.41, 5.74) is 1.91. The van der Waals surface area contributed by atoms with E-state index in [1.807, 2.05) is 18.5 Å². The molecular weight excluding hydrogens is 363 g/mol. The number of hydrogen-bond donors (Lipinski definition) is 0. The molecule has 0 unspecified atom stereocenters. The lowest BCUT2D eigenvalue weighted by Crippen LogP contribution is -2.14. The second-order valence-corrected chi connectivity index (χ2v) is 8.40. The zero-order valence-electron chi connectivity index (χ0n) is 18.0. The topological polar surface area (TPSA) is 35.0 Å². The van der Waals surface area contributed by atoms with Gasteiger partial charge in [-0.05, 0) is 67.7 Å². The third kappa shape index (κ3) is 6.25. The van der Waals surface area contributed by atoms with Crippen LogP contribution in [-0.2, 0) is 0 Å². The fraction of sp³-hybridized carbons (Fsp3) is 0.600. The van der Waals surface area contributed by atoms with Crippen LogP contribution in [0.2, 0.25) is 0 Å². The lowest BCUT2D eigenvalue weighted by molar-refractivity contribution is 0.294. The fourth-order valence-electron chi connectivity index (χ4n) is 4.25. The molecule has 3 rings (SSSR count). The summed E-state index contributed by atoms with van der Waals surface area (Å²) >= 11 is 0. The molecule has 1 aromatic carbocycles. The zero-order valence-corrected chi connectivity index (χ0v) is 18.0. The second-order valence-electron chi connectivity index (χ2n) is 8.40. The first-order chi connectivity index (χ1) is 14.2. The fourth-order valence-corrected chi connectivity index (χ4v) is 4.25.